The number of benzene rings is 1. The minimum Gasteiger partial charge on any atom is -0.489 e. The highest BCUT2D eigenvalue weighted by Crippen LogP contribution is 2.30. The molecule has 0 saturated carbocycles. The average molecular weight is 426 g/mol. The van der Waals surface area contributed by atoms with Crippen LogP contribution in [0.3, 0.4) is 0 Å². The maximum atomic E-state index is 12.9. The lowest BCUT2D eigenvalue weighted by molar-refractivity contribution is -0.117. The van der Waals surface area contributed by atoms with Gasteiger partial charge in [-0.2, -0.15) is 4.31 Å². The van der Waals surface area contributed by atoms with Crippen LogP contribution in [0.15, 0.2) is 23.1 Å². The van der Waals surface area contributed by atoms with Gasteiger partial charge in [0.2, 0.25) is 15.9 Å². The summed E-state index contributed by atoms with van der Waals surface area (Å²) in [6.07, 6.45) is 4.52. The molecule has 0 unspecified atom stereocenters. The van der Waals surface area contributed by atoms with E-state index in [2.05, 4.69) is 10.2 Å². The average Bonchev–Trinajstić information content (AvgIpc) is 2.92. The van der Waals surface area contributed by atoms with E-state index in [4.69, 9.17) is 4.74 Å². The Labute approximate surface area is 175 Å². The highest BCUT2D eigenvalue weighted by Gasteiger charge is 2.24. The van der Waals surface area contributed by atoms with Crippen LogP contribution in [-0.4, -0.2) is 62.4 Å². The number of likely N-dealkylation sites (tertiary alicyclic amines) is 1. The molecule has 0 spiro atoms. The molecule has 1 aromatic rings. The van der Waals surface area contributed by atoms with Gasteiger partial charge in [0, 0.05) is 13.1 Å². The van der Waals surface area contributed by atoms with Crippen LogP contribution in [0.5, 0.6) is 5.75 Å². The molecule has 0 aromatic heterocycles. The van der Waals surface area contributed by atoms with Gasteiger partial charge in [-0.05, 0) is 58.0 Å². The Morgan fingerprint density at radius 2 is 1.76 bits per heavy atom. The maximum Gasteiger partial charge on any atom is 0.243 e. The zero-order valence-electron chi connectivity index (χ0n) is 18.1. The molecule has 0 aliphatic carbocycles. The van der Waals surface area contributed by atoms with E-state index in [0.717, 1.165) is 25.9 Å². The van der Waals surface area contributed by atoms with Crippen molar-refractivity contribution in [1.82, 2.24) is 9.21 Å². The molecule has 0 radical (unpaired) electrons. The van der Waals surface area contributed by atoms with Crippen molar-refractivity contribution in [3.8, 4) is 5.75 Å². The van der Waals surface area contributed by atoms with Gasteiger partial charge in [0.05, 0.1) is 23.2 Å². The lowest BCUT2D eigenvalue weighted by Crippen LogP contribution is -2.34. The fourth-order valence-corrected chi connectivity index (χ4v) is 5.01. The van der Waals surface area contributed by atoms with Crippen LogP contribution in [-0.2, 0) is 14.8 Å². The molecule has 1 fully saturated rings. The first-order valence-electron chi connectivity index (χ1n) is 10.6. The molecule has 1 N–H and O–H groups in total. The van der Waals surface area contributed by atoms with Crippen LogP contribution in [0.1, 0.15) is 53.4 Å². The third-order valence-corrected chi connectivity index (χ3v) is 7.04. The third kappa shape index (κ3) is 6.69. The number of nitrogens with zero attached hydrogens (tertiary/aromatic N) is 2. The number of carbonyl (C=O) groups excluding carboxylic acids is 1. The Kier molecular flexibility index (Phi) is 8.92. The first kappa shape index (κ1) is 23.6. The second-order valence-electron chi connectivity index (χ2n) is 7.65. The number of rotatable bonds is 9. The lowest BCUT2D eigenvalue weighted by Gasteiger charge is -2.22. The van der Waals surface area contributed by atoms with Crippen LogP contribution >= 0.6 is 0 Å². The predicted octanol–water partition coefficient (Wildman–Crippen LogP) is 3.32. The molecule has 0 bridgehead atoms. The molecule has 2 rings (SSSR count). The van der Waals surface area contributed by atoms with Crippen LogP contribution in [0.2, 0.25) is 0 Å². The van der Waals surface area contributed by atoms with Crippen LogP contribution < -0.4 is 10.1 Å². The quantitative estimate of drug-likeness (QED) is 0.657. The number of hydrogen-bond donors (Lipinski definition) is 1. The second kappa shape index (κ2) is 10.9. The van der Waals surface area contributed by atoms with Crippen molar-refractivity contribution in [3.63, 3.8) is 0 Å². The van der Waals surface area contributed by atoms with Crippen molar-refractivity contribution in [1.29, 1.82) is 0 Å². The SMILES string of the molecule is CCN(CC)S(=O)(=O)c1ccc(OC(C)C)c(NC(=O)CN2CCCCCC2)c1. The summed E-state index contributed by atoms with van der Waals surface area (Å²) in [5.41, 5.74) is 0.395. The maximum absolute atomic E-state index is 12.9. The van der Waals surface area contributed by atoms with E-state index in [-0.39, 0.29) is 16.9 Å². The summed E-state index contributed by atoms with van der Waals surface area (Å²) in [4.78, 5) is 15.0. The molecular formula is C21H35N3O4S. The highest BCUT2D eigenvalue weighted by molar-refractivity contribution is 7.89. The van der Waals surface area contributed by atoms with E-state index in [1.807, 2.05) is 13.8 Å². The minimum atomic E-state index is -3.62. The number of nitrogens with one attached hydrogen (secondary N) is 1. The van der Waals surface area contributed by atoms with Crippen LogP contribution in [0.25, 0.3) is 0 Å². The monoisotopic (exact) mass is 425 g/mol. The van der Waals surface area contributed by atoms with Crippen LogP contribution in [0, 0.1) is 0 Å². The molecule has 8 heteroatoms. The number of hydrogen-bond acceptors (Lipinski definition) is 5. The Morgan fingerprint density at radius 1 is 1.14 bits per heavy atom. The molecule has 1 heterocycles. The molecular weight excluding hydrogens is 390 g/mol. The van der Waals surface area contributed by atoms with Gasteiger partial charge in [0.1, 0.15) is 5.75 Å². The fourth-order valence-electron chi connectivity index (χ4n) is 3.52. The topological polar surface area (TPSA) is 79.0 Å². The van der Waals surface area contributed by atoms with Crippen molar-refractivity contribution < 1.29 is 17.9 Å². The van der Waals surface area contributed by atoms with Gasteiger partial charge in [-0.25, -0.2) is 8.42 Å². The summed E-state index contributed by atoms with van der Waals surface area (Å²) in [5.74, 6) is 0.320. The smallest absolute Gasteiger partial charge is 0.243 e. The summed E-state index contributed by atoms with van der Waals surface area (Å²) in [7, 11) is -3.62. The van der Waals surface area contributed by atoms with Gasteiger partial charge in [-0.3, -0.25) is 9.69 Å². The van der Waals surface area contributed by atoms with E-state index >= 15 is 0 Å². The van der Waals surface area contributed by atoms with Crippen molar-refractivity contribution in [2.24, 2.45) is 0 Å². The molecule has 1 aliphatic heterocycles. The Balaban J connectivity index is 2.25. The molecule has 164 valence electrons. The van der Waals surface area contributed by atoms with Gasteiger partial charge in [-0.1, -0.05) is 26.7 Å². The van der Waals surface area contributed by atoms with Gasteiger partial charge >= 0.3 is 0 Å². The molecule has 0 atom stereocenters. The summed E-state index contributed by atoms with van der Waals surface area (Å²) in [5, 5.41) is 2.88. The molecule has 29 heavy (non-hydrogen) atoms. The highest BCUT2D eigenvalue weighted by atomic mass is 32.2. The van der Waals surface area contributed by atoms with Gasteiger partial charge in [0.15, 0.2) is 0 Å². The van der Waals surface area contributed by atoms with Crippen molar-refractivity contribution in [2.45, 2.75) is 64.4 Å². The predicted molar refractivity (Wildman–Crippen MR) is 116 cm³/mol. The Hall–Kier alpha value is -1.64. The summed E-state index contributed by atoms with van der Waals surface area (Å²) in [6.45, 7) is 10.3. The molecule has 7 nitrogen and oxygen atoms in total. The van der Waals surface area contributed by atoms with Gasteiger partial charge in [0.25, 0.3) is 0 Å². The minimum absolute atomic E-state index is 0.0958. The second-order valence-corrected chi connectivity index (χ2v) is 9.59. The van der Waals surface area contributed by atoms with Crippen molar-refractivity contribution >= 4 is 21.6 Å². The Bertz CT molecular complexity index is 768. The van der Waals surface area contributed by atoms with Crippen molar-refractivity contribution in [2.75, 3.05) is 38.0 Å². The van der Waals surface area contributed by atoms with E-state index in [1.165, 1.54) is 29.3 Å². The molecule has 1 aromatic carbocycles. The van der Waals surface area contributed by atoms with E-state index in [0.29, 0.717) is 31.1 Å². The first-order chi connectivity index (χ1) is 13.8. The molecule has 1 saturated heterocycles. The zero-order valence-corrected chi connectivity index (χ0v) is 18.9. The first-order valence-corrected chi connectivity index (χ1v) is 12.0. The molecule has 1 amide bonds. The van der Waals surface area contributed by atoms with Crippen LogP contribution in [0.4, 0.5) is 5.69 Å². The fraction of sp³-hybridized carbons (Fsp3) is 0.667. The number of anilines is 1. The summed E-state index contributed by atoms with van der Waals surface area (Å²) < 4.78 is 33.0. The van der Waals surface area contributed by atoms with E-state index in [1.54, 1.807) is 19.9 Å². The molecule has 1 aliphatic rings. The standard InChI is InChI=1S/C21H35N3O4S/c1-5-24(6-2)29(26,27)18-11-12-20(28-17(3)4)19(15-18)22-21(25)16-23-13-9-7-8-10-14-23/h11-12,15,17H,5-10,13-14,16H2,1-4H3,(H,22,25). The number of ether oxygens (including phenoxy) is 1. The number of carbonyl (C=O) groups is 1. The van der Waals surface area contributed by atoms with Gasteiger partial charge < -0.3 is 10.1 Å². The number of sulfonamides is 1. The largest absolute Gasteiger partial charge is 0.489 e. The normalized spacial score (nSPS) is 16.1. The lowest BCUT2D eigenvalue weighted by atomic mass is 10.2. The number of amides is 1. The van der Waals surface area contributed by atoms with Gasteiger partial charge in [-0.15, -0.1) is 0 Å². The summed E-state index contributed by atoms with van der Waals surface area (Å²) in [6, 6.07) is 4.67. The van der Waals surface area contributed by atoms with E-state index in [9.17, 15) is 13.2 Å². The Morgan fingerprint density at radius 3 is 2.31 bits per heavy atom. The third-order valence-electron chi connectivity index (χ3n) is 5.00. The van der Waals surface area contributed by atoms with E-state index < -0.39 is 10.0 Å². The zero-order chi connectivity index (χ0) is 21.4. The summed E-state index contributed by atoms with van der Waals surface area (Å²) >= 11 is 0. The van der Waals surface area contributed by atoms with Crippen molar-refractivity contribution in [3.05, 3.63) is 18.2 Å².